The van der Waals surface area contributed by atoms with Crippen LogP contribution >= 0.6 is 0 Å². The Bertz CT molecular complexity index is 2530. The largest absolute Gasteiger partial charge is 0.383 e. The van der Waals surface area contributed by atoms with Crippen LogP contribution in [0.4, 0.5) is 0 Å². The average Bonchev–Trinajstić information content (AvgIpc) is 3.85. The molecule has 0 unspecified atom stereocenters. The number of nitrogens with zero attached hydrogens (tertiary/aromatic N) is 8. The van der Waals surface area contributed by atoms with E-state index in [1.165, 1.54) is 45.0 Å². The molecule has 2 amide bonds. The molecule has 0 aliphatic rings. The van der Waals surface area contributed by atoms with Crippen LogP contribution in [-0.2, 0) is 35.4 Å². The number of hydrogen-bond donors (Lipinski definition) is 2. The molecule has 0 aliphatic carbocycles. The van der Waals surface area contributed by atoms with Gasteiger partial charge in [0.25, 0.3) is 22.9 Å². The Morgan fingerprint density at radius 1 is 0.683 bits per heavy atom. The molecule has 0 radical (unpaired) electrons. The van der Waals surface area contributed by atoms with Crippen molar-refractivity contribution in [2.24, 2.45) is 14.1 Å². The summed E-state index contributed by atoms with van der Waals surface area (Å²) in [4.78, 5) is 51.8. The number of aromatic nitrogens is 8. The summed E-state index contributed by atoms with van der Waals surface area (Å²) in [6.07, 6.45) is 7.35. The maximum absolute atomic E-state index is 13.1. The molecule has 60 heavy (non-hydrogen) atoms. The zero-order valence-corrected chi connectivity index (χ0v) is 35.9. The highest BCUT2D eigenvalue weighted by Gasteiger charge is 2.22. The smallest absolute Gasteiger partial charge is 0.284 e. The summed E-state index contributed by atoms with van der Waals surface area (Å²) < 4.78 is 15.7. The lowest BCUT2D eigenvalue weighted by Crippen LogP contribution is -2.39. The van der Waals surface area contributed by atoms with Gasteiger partial charge in [-0.15, -0.1) is 0 Å². The molecule has 0 spiro atoms. The van der Waals surface area contributed by atoms with E-state index in [4.69, 9.17) is 9.47 Å². The SMILES string of the molecule is CCc1ccc(-c2cc(C(=O)N[C@@H](C)COC)c(=O)n(-c3cnn(C)c3)n2)cc1.COC[C@H](C)NC(=O)c1cc(-c2ccc(C(C)(C)C)cc2)nn(-c2cnn(C)c2)c1=O. The van der Waals surface area contributed by atoms with Crippen LogP contribution in [0.25, 0.3) is 33.9 Å². The highest BCUT2D eigenvalue weighted by Crippen LogP contribution is 2.26. The molecule has 16 heteroatoms. The molecule has 2 aromatic carbocycles. The number of aryl methyl sites for hydroxylation is 3. The van der Waals surface area contributed by atoms with Crippen LogP contribution in [0.5, 0.6) is 0 Å². The lowest BCUT2D eigenvalue weighted by atomic mass is 9.86. The monoisotopic (exact) mass is 818 g/mol. The van der Waals surface area contributed by atoms with Crippen molar-refractivity contribution < 1.29 is 19.1 Å². The van der Waals surface area contributed by atoms with Crippen molar-refractivity contribution in [3.05, 3.63) is 128 Å². The summed E-state index contributed by atoms with van der Waals surface area (Å²) in [6, 6.07) is 18.5. The van der Waals surface area contributed by atoms with Crippen LogP contribution in [-0.4, -0.2) is 90.5 Å². The number of amides is 2. The minimum absolute atomic E-state index is 0.0108. The van der Waals surface area contributed by atoms with E-state index in [1.807, 2.05) is 62.4 Å². The third kappa shape index (κ3) is 10.9. The molecule has 16 nitrogen and oxygen atoms in total. The van der Waals surface area contributed by atoms with E-state index in [0.29, 0.717) is 36.0 Å². The topological polar surface area (TPSA) is 182 Å². The predicted molar refractivity (Wildman–Crippen MR) is 230 cm³/mol. The maximum Gasteiger partial charge on any atom is 0.284 e. The van der Waals surface area contributed by atoms with Crippen molar-refractivity contribution in [3.63, 3.8) is 0 Å². The normalized spacial score (nSPS) is 12.3. The van der Waals surface area contributed by atoms with Crippen molar-refractivity contribution in [1.29, 1.82) is 0 Å². The van der Waals surface area contributed by atoms with E-state index in [-0.39, 0.29) is 28.6 Å². The Balaban J connectivity index is 0.000000228. The molecular weight excluding hydrogens is 765 g/mol. The lowest BCUT2D eigenvalue weighted by Gasteiger charge is -2.19. The van der Waals surface area contributed by atoms with Crippen LogP contribution in [0.3, 0.4) is 0 Å². The second-order valence-electron chi connectivity index (χ2n) is 15.6. The van der Waals surface area contributed by atoms with Gasteiger partial charge in [0.15, 0.2) is 0 Å². The van der Waals surface area contributed by atoms with Crippen LogP contribution in [0, 0.1) is 0 Å². The first-order valence-corrected chi connectivity index (χ1v) is 19.6. The van der Waals surface area contributed by atoms with Crippen molar-refractivity contribution >= 4 is 11.8 Å². The number of carbonyl (C=O) groups is 2. The summed E-state index contributed by atoms with van der Waals surface area (Å²) in [5.74, 6) is -0.937. The molecular formula is C44H54N10O6. The molecule has 2 atom stereocenters. The van der Waals surface area contributed by atoms with Crippen molar-refractivity contribution in [1.82, 2.24) is 49.8 Å². The Morgan fingerprint density at radius 3 is 1.42 bits per heavy atom. The van der Waals surface area contributed by atoms with Gasteiger partial charge in [-0.3, -0.25) is 28.5 Å². The molecule has 6 aromatic rings. The van der Waals surface area contributed by atoms with E-state index >= 15 is 0 Å². The fourth-order valence-corrected chi connectivity index (χ4v) is 6.22. The number of rotatable bonds is 13. The summed E-state index contributed by atoms with van der Waals surface area (Å²) >= 11 is 0. The van der Waals surface area contributed by atoms with Crippen LogP contribution in [0.1, 0.15) is 73.4 Å². The van der Waals surface area contributed by atoms with Gasteiger partial charge in [0.1, 0.15) is 22.5 Å². The second-order valence-corrected chi connectivity index (χ2v) is 15.6. The van der Waals surface area contributed by atoms with Gasteiger partial charge < -0.3 is 20.1 Å². The molecule has 0 fully saturated rings. The minimum atomic E-state index is -0.509. The van der Waals surface area contributed by atoms with Gasteiger partial charge in [0, 0.05) is 51.5 Å². The third-order valence-corrected chi connectivity index (χ3v) is 9.48. The zero-order valence-electron chi connectivity index (χ0n) is 35.9. The molecule has 2 N–H and O–H groups in total. The third-order valence-electron chi connectivity index (χ3n) is 9.48. The fraction of sp³-hybridized carbons (Fsp3) is 0.364. The zero-order chi connectivity index (χ0) is 43.7. The Labute approximate surface area is 349 Å². The second kappa shape index (κ2) is 19.5. The number of nitrogens with one attached hydrogen (secondary N) is 2. The van der Waals surface area contributed by atoms with E-state index in [1.54, 1.807) is 50.1 Å². The quantitative estimate of drug-likeness (QED) is 0.166. The molecule has 0 saturated heterocycles. The first-order chi connectivity index (χ1) is 28.5. The van der Waals surface area contributed by atoms with Gasteiger partial charge in [0.05, 0.1) is 49.4 Å². The van der Waals surface area contributed by atoms with E-state index < -0.39 is 22.9 Å². The standard InChI is InChI=1S/C23H29N5O3.C21H25N5O3/c1-15(14-31-6)25-21(29)19-11-20(16-7-9-17(10-8-16)23(2,3)4)26-28(22(19)30)18-12-24-27(5)13-18;1-5-15-6-8-16(9-7-15)19-10-18(20(27)23-14(2)13-29-4)21(28)26(24-19)17-11-22-25(3)12-17/h7-13,15H,14H2,1-6H3,(H,25,29);6-12,14H,5,13H2,1-4H3,(H,23,27)/t15-;14-/m00/s1. The summed E-state index contributed by atoms with van der Waals surface area (Å²) in [6.45, 7) is 12.8. The van der Waals surface area contributed by atoms with Crippen LogP contribution in [0.15, 0.2) is 95.0 Å². The van der Waals surface area contributed by atoms with E-state index in [9.17, 15) is 19.2 Å². The van der Waals surface area contributed by atoms with Gasteiger partial charge in [-0.2, -0.15) is 29.8 Å². The molecule has 6 rings (SSSR count). The summed E-state index contributed by atoms with van der Waals surface area (Å²) in [7, 11) is 6.62. The van der Waals surface area contributed by atoms with Crippen molar-refractivity contribution in [2.45, 2.75) is 65.5 Å². The molecule has 316 valence electrons. The van der Waals surface area contributed by atoms with Gasteiger partial charge in [-0.1, -0.05) is 76.2 Å². The molecule has 0 aliphatic heterocycles. The summed E-state index contributed by atoms with van der Waals surface area (Å²) in [5.41, 5.74) is 5.06. The number of carbonyl (C=O) groups excluding carboxylic acids is 2. The summed E-state index contributed by atoms with van der Waals surface area (Å²) in [5, 5.41) is 22.8. The average molecular weight is 819 g/mol. The highest BCUT2D eigenvalue weighted by atomic mass is 16.5. The minimum Gasteiger partial charge on any atom is -0.383 e. The first-order valence-electron chi connectivity index (χ1n) is 19.6. The predicted octanol–water partition coefficient (Wildman–Crippen LogP) is 4.66. The van der Waals surface area contributed by atoms with E-state index in [0.717, 1.165) is 17.5 Å². The molecule has 4 heterocycles. The number of hydrogen-bond acceptors (Lipinski definition) is 10. The van der Waals surface area contributed by atoms with E-state index in [2.05, 4.69) is 58.7 Å². The fourth-order valence-electron chi connectivity index (χ4n) is 6.22. The molecule has 0 saturated carbocycles. The maximum atomic E-state index is 13.1. The number of methoxy groups -OCH3 is 2. The number of ether oxygens (including phenoxy) is 2. The Morgan fingerprint density at radius 2 is 1.08 bits per heavy atom. The van der Waals surface area contributed by atoms with Crippen LogP contribution in [0.2, 0.25) is 0 Å². The Kier molecular flexibility index (Phi) is 14.5. The lowest BCUT2D eigenvalue weighted by molar-refractivity contribution is 0.0896. The van der Waals surface area contributed by atoms with Gasteiger partial charge in [-0.05, 0) is 48.9 Å². The van der Waals surface area contributed by atoms with Crippen LogP contribution < -0.4 is 21.8 Å². The van der Waals surface area contributed by atoms with Crippen molar-refractivity contribution in [3.8, 4) is 33.9 Å². The van der Waals surface area contributed by atoms with Gasteiger partial charge in [-0.25, -0.2) is 0 Å². The van der Waals surface area contributed by atoms with Gasteiger partial charge >= 0.3 is 0 Å². The highest BCUT2D eigenvalue weighted by molar-refractivity contribution is 5.95. The van der Waals surface area contributed by atoms with Gasteiger partial charge in [0.2, 0.25) is 0 Å². The first kappa shape index (κ1) is 44.6. The Hall–Kier alpha value is -6.52. The molecule has 4 aromatic heterocycles. The van der Waals surface area contributed by atoms with Crippen molar-refractivity contribution in [2.75, 3.05) is 27.4 Å². The molecule has 0 bridgehead atoms. The number of benzene rings is 2.